The lowest BCUT2D eigenvalue weighted by Crippen LogP contribution is -2.33. The van der Waals surface area contributed by atoms with Gasteiger partial charge in [-0.3, -0.25) is 0 Å². The Kier molecular flexibility index (Phi) is 7.42. The fourth-order valence-corrected chi connectivity index (χ4v) is 5.62. The topological polar surface area (TPSA) is 18.5 Å². The highest BCUT2D eigenvalue weighted by molar-refractivity contribution is 5.66. The molecule has 33 heavy (non-hydrogen) atoms. The Morgan fingerprint density at radius 2 is 1.52 bits per heavy atom. The molecule has 178 valence electrons. The van der Waals surface area contributed by atoms with Crippen LogP contribution in [0.2, 0.25) is 0 Å². The summed E-state index contributed by atoms with van der Waals surface area (Å²) in [4.78, 5) is 0. The van der Waals surface area contributed by atoms with Gasteiger partial charge in [-0.05, 0) is 98.6 Å². The average molecular weight is 463 g/mol. The van der Waals surface area contributed by atoms with Crippen LogP contribution >= 0.6 is 0 Å². The van der Waals surface area contributed by atoms with Gasteiger partial charge in [0.1, 0.15) is 18.2 Å². The number of rotatable bonds is 7. The summed E-state index contributed by atoms with van der Waals surface area (Å²) in [6.07, 6.45) is 7.65. The molecule has 4 unspecified atom stereocenters. The summed E-state index contributed by atoms with van der Waals surface area (Å²) in [7, 11) is 0. The van der Waals surface area contributed by atoms with Crippen LogP contribution in [0.1, 0.15) is 56.9 Å². The second-order valence-electron chi connectivity index (χ2n) is 9.15. The van der Waals surface area contributed by atoms with Gasteiger partial charge < -0.3 is 9.47 Å². The Hall–Kier alpha value is -2.34. The SMILES string of the molecule is C=CCOc1c(F)cc(-c2c(F)cc(C3CCC4CC(OCC)CCC4C3)cc2F)cc1F. The van der Waals surface area contributed by atoms with Gasteiger partial charge in [-0.25, -0.2) is 17.6 Å². The van der Waals surface area contributed by atoms with E-state index in [4.69, 9.17) is 9.47 Å². The van der Waals surface area contributed by atoms with E-state index in [-0.39, 0.29) is 18.1 Å². The predicted octanol–water partition coefficient (Wildman–Crippen LogP) is 7.56. The van der Waals surface area contributed by atoms with Crippen LogP contribution in [-0.2, 0) is 4.74 Å². The van der Waals surface area contributed by atoms with E-state index in [1.807, 2.05) is 6.92 Å². The highest BCUT2D eigenvalue weighted by atomic mass is 19.1. The molecule has 2 aliphatic carbocycles. The van der Waals surface area contributed by atoms with Crippen LogP contribution < -0.4 is 4.74 Å². The molecule has 2 fully saturated rings. The minimum absolute atomic E-state index is 0.0797. The first-order valence-electron chi connectivity index (χ1n) is 11.7. The molecule has 2 nitrogen and oxygen atoms in total. The Balaban J connectivity index is 1.53. The van der Waals surface area contributed by atoms with E-state index in [1.165, 1.54) is 18.2 Å². The molecule has 4 rings (SSSR count). The van der Waals surface area contributed by atoms with Crippen molar-refractivity contribution in [3.05, 3.63) is 65.8 Å². The third-order valence-corrected chi connectivity index (χ3v) is 7.14. The van der Waals surface area contributed by atoms with Gasteiger partial charge in [0.2, 0.25) is 0 Å². The molecule has 0 aromatic heterocycles. The van der Waals surface area contributed by atoms with Gasteiger partial charge in [0.25, 0.3) is 0 Å². The van der Waals surface area contributed by atoms with Crippen LogP contribution in [0.4, 0.5) is 17.6 Å². The lowest BCUT2D eigenvalue weighted by molar-refractivity contribution is -0.00957. The molecule has 0 spiro atoms. The Morgan fingerprint density at radius 3 is 2.15 bits per heavy atom. The van der Waals surface area contributed by atoms with E-state index in [9.17, 15) is 8.78 Å². The van der Waals surface area contributed by atoms with Gasteiger partial charge in [0.05, 0.1) is 11.7 Å². The normalized spacial score (nSPS) is 24.9. The van der Waals surface area contributed by atoms with Gasteiger partial charge in [0.15, 0.2) is 17.4 Å². The first-order valence-corrected chi connectivity index (χ1v) is 11.7. The molecule has 2 aromatic rings. The Morgan fingerprint density at radius 1 is 0.879 bits per heavy atom. The van der Waals surface area contributed by atoms with Gasteiger partial charge in [-0.1, -0.05) is 12.7 Å². The summed E-state index contributed by atoms with van der Waals surface area (Å²) >= 11 is 0. The molecule has 0 N–H and O–H groups in total. The van der Waals surface area contributed by atoms with Gasteiger partial charge in [-0.15, -0.1) is 0 Å². The summed E-state index contributed by atoms with van der Waals surface area (Å²) in [5, 5.41) is 0. The second kappa shape index (κ2) is 10.3. The van der Waals surface area contributed by atoms with Crippen molar-refractivity contribution in [2.45, 2.75) is 57.5 Å². The van der Waals surface area contributed by atoms with Gasteiger partial charge in [0, 0.05) is 6.61 Å². The first-order chi connectivity index (χ1) is 15.9. The second-order valence-corrected chi connectivity index (χ2v) is 9.15. The quantitative estimate of drug-likeness (QED) is 0.312. The molecule has 6 heteroatoms. The highest BCUT2D eigenvalue weighted by Crippen LogP contribution is 2.47. The number of hydrogen-bond acceptors (Lipinski definition) is 2. The number of fused-ring (bicyclic) bond motifs is 1. The van der Waals surface area contributed by atoms with Crippen LogP contribution in [-0.4, -0.2) is 19.3 Å². The standard InChI is InChI=1S/C27H30F4O2/c1-3-9-33-27-24(30)14-20(15-25(27)31)26-22(28)12-19(13-23(26)29)17-5-6-18-11-21(32-4-2)8-7-16(18)10-17/h3,12-18,21H,1,4-11H2,2H3. The molecule has 2 saturated carbocycles. The zero-order chi connectivity index (χ0) is 23.5. The first kappa shape index (κ1) is 23.8. The largest absolute Gasteiger partial charge is 0.483 e. The monoisotopic (exact) mass is 462 g/mol. The number of benzene rings is 2. The summed E-state index contributed by atoms with van der Waals surface area (Å²) in [6.45, 7) is 6.09. The minimum atomic E-state index is -1.02. The van der Waals surface area contributed by atoms with Gasteiger partial charge >= 0.3 is 0 Å². The van der Waals surface area contributed by atoms with Crippen LogP contribution in [0.25, 0.3) is 11.1 Å². The molecular weight excluding hydrogens is 432 g/mol. The molecule has 2 aromatic carbocycles. The smallest absolute Gasteiger partial charge is 0.191 e. The van der Waals surface area contributed by atoms with E-state index in [1.54, 1.807) is 0 Å². The maximum atomic E-state index is 15.0. The number of hydrogen-bond donors (Lipinski definition) is 0. The van der Waals surface area contributed by atoms with Crippen LogP contribution in [0.15, 0.2) is 36.9 Å². The fraction of sp³-hybridized carbons (Fsp3) is 0.481. The van der Waals surface area contributed by atoms with E-state index < -0.39 is 34.6 Å². The highest BCUT2D eigenvalue weighted by Gasteiger charge is 2.36. The summed E-state index contributed by atoms with van der Waals surface area (Å²) in [5.74, 6) is -3.03. The zero-order valence-electron chi connectivity index (χ0n) is 18.9. The van der Waals surface area contributed by atoms with Crippen LogP contribution in [0.5, 0.6) is 5.75 Å². The number of ether oxygens (including phenoxy) is 2. The zero-order valence-corrected chi connectivity index (χ0v) is 18.9. The summed E-state index contributed by atoms with van der Waals surface area (Å²) < 4.78 is 69.5. The van der Waals surface area contributed by atoms with Crippen molar-refractivity contribution < 1.29 is 27.0 Å². The molecule has 0 heterocycles. The van der Waals surface area contributed by atoms with Crippen molar-refractivity contribution >= 4 is 0 Å². The molecule has 0 radical (unpaired) electrons. The van der Waals surface area contributed by atoms with E-state index in [0.717, 1.165) is 57.3 Å². The maximum Gasteiger partial charge on any atom is 0.191 e. The number of halogens is 4. The predicted molar refractivity (Wildman–Crippen MR) is 120 cm³/mol. The van der Waals surface area contributed by atoms with Crippen molar-refractivity contribution in [1.29, 1.82) is 0 Å². The lowest BCUT2D eigenvalue weighted by atomic mass is 9.65. The van der Waals surface area contributed by atoms with Crippen molar-refractivity contribution in [2.75, 3.05) is 13.2 Å². The Labute approximate surface area is 192 Å². The van der Waals surface area contributed by atoms with Crippen LogP contribution in [0, 0.1) is 35.1 Å². The molecular formula is C27H30F4O2. The van der Waals surface area contributed by atoms with Crippen molar-refractivity contribution in [2.24, 2.45) is 11.8 Å². The Bertz CT molecular complexity index is 960. The van der Waals surface area contributed by atoms with Crippen molar-refractivity contribution in [3.63, 3.8) is 0 Å². The van der Waals surface area contributed by atoms with Crippen molar-refractivity contribution in [1.82, 2.24) is 0 Å². The molecule has 0 saturated heterocycles. The molecule has 0 aliphatic heterocycles. The summed E-state index contributed by atoms with van der Waals surface area (Å²) in [6, 6.07) is 4.44. The maximum absolute atomic E-state index is 15.0. The average Bonchev–Trinajstić information content (AvgIpc) is 2.78. The molecule has 0 amide bonds. The van der Waals surface area contributed by atoms with E-state index in [0.29, 0.717) is 23.5 Å². The van der Waals surface area contributed by atoms with E-state index >= 15 is 8.78 Å². The van der Waals surface area contributed by atoms with Crippen molar-refractivity contribution in [3.8, 4) is 16.9 Å². The lowest BCUT2D eigenvalue weighted by Gasteiger charge is -2.42. The van der Waals surface area contributed by atoms with E-state index in [2.05, 4.69) is 6.58 Å². The fourth-order valence-electron chi connectivity index (χ4n) is 5.62. The summed E-state index contributed by atoms with van der Waals surface area (Å²) in [5.41, 5.74) is -0.0146. The van der Waals surface area contributed by atoms with Crippen LogP contribution in [0.3, 0.4) is 0 Å². The minimum Gasteiger partial charge on any atom is -0.483 e. The third-order valence-electron chi connectivity index (χ3n) is 7.14. The van der Waals surface area contributed by atoms with Gasteiger partial charge in [-0.2, -0.15) is 0 Å². The third kappa shape index (κ3) is 5.11. The molecule has 2 aliphatic rings. The molecule has 4 atom stereocenters. The molecule has 0 bridgehead atoms.